The van der Waals surface area contributed by atoms with Crippen LogP contribution in [0, 0.1) is 55.4 Å². The highest BCUT2D eigenvalue weighted by atomic mass is 14.1. The van der Waals surface area contributed by atoms with Crippen molar-refractivity contribution in [1.82, 2.24) is 0 Å². The average Bonchev–Trinajstić information content (AvgIpc) is 0.946. The minimum atomic E-state index is 1.27. The van der Waals surface area contributed by atoms with E-state index < -0.39 is 0 Å². The molecule has 0 saturated carbocycles. The van der Waals surface area contributed by atoms with Gasteiger partial charge in [-0.15, -0.1) is 0 Å². The summed E-state index contributed by atoms with van der Waals surface area (Å²) in [5.41, 5.74) is 20.9. The summed E-state index contributed by atoms with van der Waals surface area (Å²) in [5.74, 6) is 0. The van der Waals surface area contributed by atoms with E-state index in [9.17, 15) is 0 Å². The minimum absolute atomic E-state index is 1.27. The van der Waals surface area contributed by atoms with Crippen LogP contribution in [0.5, 0.6) is 0 Å². The third-order valence-electron chi connectivity index (χ3n) is 22.4. The van der Waals surface area contributed by atoms with Crippen molar-refractivity contribution >= 4 is 108 Å². The maximum absolute atomic E-state index is 2.28. The van der Waals surface area contributed by atoms with E-state index in [0.717, 1.165) is 0 Å². The lowest BCUT2D eigenvalue weighted by atomic mass is 9.96. The van der Waals surface area contributed by atoms with E-state index in [1.54, 1.807) is 0 Å². The molecule has 0 bridgehead atoms. The highest BCUT2D eigenvalue weighted by Crippen LogP contribution is 2.34. The lowest BCUT2D eigenvalue weighted by molar-refractivity contribution is 1.50. The van der Waals surface area contributed by atoms with E-state index in [4.69, 9.17) is 0 Å². The molecule has 0 nitrogen and oxygen atoms in total. The Morgan fingerprint density at radius 3 is 0.892 bits per heavy atom. The maximum atomic E-state index is 2.28. The smallest absolute Gasteiger partial charge is 0.0103 e. The Balaban J connectivity index is 0.000000107. The van der Waals surface area contributed by atoms with Crippen molar-refractivity contribution in [3.05, 3.63) is 506 Å². The standard InChI is InChI=1S/4C17H14.2C15H12.2C11H10/c1-13-7-5-12-17-15(13)10-6-11-16(17)14-8-3-2-4-9-14;1-13-11-12-16(14-7-3-2-4-8-14)17-10-6-5-9-15(13)17;1-13-7-8-17-12-16(10-9-15(17)11-13)14-5-3-2-4-6-14;1-13-7-8-15-9-10-16(12-17(15)11-13)14-5-3-2-4-6-14;1-11-5-4-8-14-9-12-6-2-3-7-13(12)10-15(11)14;1-11-6-7-14-9-12-4-2-3-5-13(12)10-15(14)8-11;1-9-5-4-7-10-6-2-3-8-11(9)10;1-9-6-7-10-4-2-3-5-11(10)8-9/h4*2-12H,1H3;2*2-10H,1H3;2*2-8H,1H3. The molecule has 22 rings (SSSR count). The molecule has 0 aliphatic heterocycles. The summed E-state index contributed by atoms with van der Waals surface area (Å²) in [4.78, 5) is 0. The zero-order valence-electron chi connectivity index (χ0n) is 69.9. The van der Waals surface area contributed by atoms with Crippen LogP contribution < -0.4 is 0 Å². The van der Waals surface area contributed by atoms with Crippen molar-refractivity contribution in [2.45, 2.75) is 55.4 Å². The van der Waals surface area contributed by atoms with Gasteiger partial charge in [0.1, 0.15) is 0 Å². The van der Waals surface area contributed by atoms with Crippen molar-refractivity contribution in [2.75, 3.05) is 0 Å². The summed E-state index contributed by atoms with van der Waals surface area (Å²) in [6.45, 7) is 17.1. The van der Waals surface area contributed by atoms with Gasteiger partial charge in [-0.1, -0.05) is 447 Å². The highest BCUT2D eigenvalue weighted by Gasteiger charge is 2.09. The molecule has 0 aliphatic rings. The second kappa shape index (κ2) is 38.9. The molecule has 0 amide bonds. The van der Waals surface area contributed by atoms with E-state index in [2.05, 4.69) is 510 Å². The van der Waals surface area contributed by atoms with Gasteiger partial charge in [0, 0.05) is 0 Å². The Morgan fingerprint density at radius 2 is 0.375 bits per heavy atom. The van der Waals surface area contributed by atoms with Crippen LogP contribution >= 0.6 is 0 Å². The Hall–Kier alpha value is -14.6. The SMILES string of the molecule is Cc1ccc(-c2ccccc2)c2ccccc12.Cc1ccc2cc(-c3ccccc3)ccc2c1.Cc1ccc2cc3ccccc3cc2c1.Cc1ccc2ccc(-c3ccccc3)cc2c1.Cc1ccc2ccccc2c1.Cc1cccc2c(-c3ccccc3)cccc12.Cc1cccc2cc3ccccc3cc12.Cc1cccc2ccccc12. The quantitative estimate of drug-likeness (QED) is 0.154. The van der Waals surface area contributed by atoms with Gasteiger partial charge in [0.15, 0.2) is 0 Å². The van der Waals surface area contributed by atoms with E-state index in [1.165, 1.54) is 197 Å². The van der Waals surface area contributed by atoms with Crippen LogP contribution in [0.1, 0.15) is 44.5 Å². The van der Waals surface area contributed by atoms with Crippen molar-refractivity contribution in [3.8, 4) is 44.5 Å². The summed E-state index contributed by atoms with van der Waals surface area (Å²) in [6, 6.07) is 163. The van der Waals surface area contributed by atoms with E-state index in [1.807, 2.05) is 6.07 Å². The van der Waals surface area contributed by atoms with Gasteiger partial charge >= 0.3 is 0 Å². The molecule has 0 unspecified atom stereocenters. The second-order valence-electron chi connectivity index (χ2n) is 31.2. The van der Waals surface area contributed by atoms with Gasteiger partial charge < -0.3 is 0 Å². The van der Waals surface area contributed by atoms with Crippen molar-refractivity contribution in [3.63, 3.8) is 0 Å². The van der Waals surface area contributed by atoms with Crippen LogP contribution in [0.25, 0.3) is 152 Å². The predicted molar refractivity (Wildman–Crippen MR) is 526 cm³/mol. The minimum Gasteiger partial charge on any atom is -0.0622 e. The first kappa shape index (κ1) is 80.6. The zero-order valence-corrected chi connectivity index (χ0v) is 69.9. The van der Waals surface area contributed by atoms with Crippen molar-refractivity contribution < 1.29 is 0 Å². The van der Waals surface area contributed by atoms with Crippen LogP contribution in [0.3, 0.4) is 0 Å². The summed E-state index contributed by atoms with van der Waals surface area (Å²) < 4.78 is 0. The number of hydrogen-bond donors (Lipinski definition) is 0. The van der Waals surface area contributed by atoms with Gasteiger partial charge in [0.05, 0.1) is 0 Å². The van der Waals surface area contributed by atoms with Crippen LogP contribution in [-0.2, 0) is 0 Å². The lowest BCUT2D eigenvalue weighted by Gasteiger charge is -2.09. The van der Waals surface area contributed by atoms with Gasteiger partial charge in [0.2, 0.25) is 0 Å². The average molecular weight is 1540 g/mol. The Bertz CT molecular complexity index is 7120. The number of hydrogen-bond acceptors (Lipinski definition) is 0. The number of rotatable bonds is 4. The summed E-state index contributed by atoms with van der Waals surface area (Å²) >= 11 is 0. The fourth-order valence-electron chi connectivity index (χ4n) is 15.9. The summed E-state index contributed by atoms with van der Waals surface area (Å²) in [5, 5.41) is 26.5. The number of aryl methyl sites for hydroxylation is 8. The third-order valence-corrected chi connectivity index (χ3v) is 22.4. The zero-order chi connectivity index (χ0) is 82.5. The molecule has 0 heterocycles. The molecule has 22 aromatic rings. The molecule has 0 spiro atoms. The summed E-state index contributed by atoms with van der Waals surface area (Å²) in [6.07, 6.45) is 0. The fraction of sp³-hybridized carbons (Fsp3) is 0.0667. The molecule has 0 radical (unpaired) electrons. The van der Waals surface area contributed by atoms with Gasteiger partial charge in [-0.2, -0.15) is 0 Å². The van der Waals surface area contributed by atoms with E-state index in [-0.39, 0.29) is 0 Å². The summed E-state index contributed by atoms with van der Waals surface area (Å²) in [7, 11) is 0. The van der Waals surface area contributed by atoms with Gasteiger partial charge in [-0.3, -0.25) is 0 Å². The molecule has 22 aromatic carbocycles. The fourth-order valence-corrected chi connectivity index (χ4v) is 15.9. The first-order valence-electron chi connectivity index (χ1n) is 41.7. The molecule has 0 heteroatoms. The predicted octanol–water partition coefficient (Wildman–Crippen LogP) is 34.2. The molecule has 580 valence electrons. The maximum Gasteiger partial charge on any atom is -0.0103 e. The number of benzene rings is 22. The molecule has 0 fully saturated rings. The molecule has 0 aliphatic carbocycles. The first-order chi connectivity index (χ1) is 58.8. The van der Waals surface area contributed by atoms with Crippen LogP contribution in [-0.4, -0.2) is 0 Å². The van der Waals surface area contributed by atoms with E-state index in [0.29, 0.717) is 0 Å². The molecule has 0 saturated heterocycles. The first-order valence-corrected chi connectivity index (χ1v) is 41.7. The molecule has 120 heavy (non-hydrogen) atoms. The topological polar surface area (TPSA) is 0 Å². The molecule has 0 atom stereocenters. The van der Waals surface area contributed by atoms with E-state index >= 15 is 0 Å². The van der Waals surface area contributed by atoms with Crippen LogP contribution in [0.4, 0.5) is 0 Å². The van der Waals surface area contributed by atoms with Gasteiger partial charge in [-0.25, -0.2) is 0 Å². The molecular weight excluding hydrogens is 1440 g/mol. The van der Waals surface area contributed by atoms with Crippen LogP contribution in [0.15, 0.2) is 461 Å². The monoisotopic (exact) mass is 1540 g/mol. The van der Waals surface area contributed by atoms with Crippen molar-refractivity contribution in [2.24, 2.45) is 0 Å². The Kier molecular flexibility index (Phi) is 26.1. The normalized spacial score (nSPS) is 10.7. The van der Waals surface area contributed by atoms with Gasteiger partial charge in [-0.05, 0) is 266 Å². The van der Waals surface area contributed by atoms with Crippen LogP contribution in [0.2, 0.25) is 0 Å². The molecule has 0 aromatic heterocycles. The number of fused-ring (bicyclic) bond motifs is 10. The van der Waals surface area contributed by atoms with Crippen molar-refractivity contribution in [1.29, 1.82) is 0 Å². The van der Waals surface area contributed by atoms with Gasteiger partial charge in [0.25, 0.3) is 0 Å². The highest BCUT2D eigenvalue weighted by molar-refractivity contribution is 6.02. The molecular formula is C120H100. The molecule has 0 N–H and O–H groups in total. The largest absolute Gasteiger partial charge is 0.0622 e. The second-order valence-corrected chi connectivity index (χ2v) is 31.2. The third kappa shape index (κ3) is 20.3. The Labute approximate surface area is 708 Å². The Morgan fingerprint density at radius 1 is 0.108 bits per heavy atom. The lowest BCUT2D eigenvalue weighted by Crippen LogP contribution is -1.83.